The number of cyclic esters (lactones) is 2. The van der Waals surface area contributed by atoms with Gasteiger partial charge in [-0.3, -0.25) is 0 Å². The second kappa shape index (κ2) is 6.47. The Morgan fingerprint density at radius 1 is 1.30 bits per heavy atom. The number of rotatable bonds is 4. The van der Waals surface area contributed by atoms with Crippen LogP contribution in [0.25, 0.3) is 0 Å². The number of hydrogen-bond donors (Lipinski definition) is 1. The second-order valence-electron chi connectivity index (χ2n) is 5.03. The van der Waals surface area contributed by atoms with Gasteiger partial charge in [0, 0.05) is 26.2 Å². The molecule has 23 heavy (non-hydrogen) atoms. The molecule has 1 N–H and O–H groups in total. The predicted octanol–water partition coefficient (Wildman–Crippen LogP) is 1.39. The van der Waals surface area contributed by atoms with Crippen molar-refractivity contribution in [1.29, 1.82) is 0 Å². The highest BCUT2D eigenvalue weighted by molar-refractivity contribution is 6.15. The van der Waals surface area contributed by atoms with Crippen LogP contribution in [0.5, 0.6) is 0 Å². The number of aromatic nitrogens is 1. The van der Waals surface area contributed by atoms with Crippen molar-refractivity contribution in [3.05, 3.63) is 35.7 Å². The molecular weight excluding hydrogens is 304 g/mol. The third-order valence-electron chi connectivity index (χ3n) is 2.76. The van der Waals surface area contributed by atoms with E-state index in [1.165, 1.54) is 32.2 Å². The molecule has 0 spiro atoms. The fourth-order valence-corrected chi connectivity index (χ4v) is 1.74. The van der Waals surface area contributed by atoms with Crippen molar-refractivity contribution in [2.75, 3.05) is 11.9 Å². The topological polar surface area (TPSA) is 104 Å². The Morgan fingerprint density at radius 3 is 2.48 bits per heavy atom. The first-order chi connectivity index (χ1) is 10.8. The lowest BCUT2D eigenvalue weighted by Gasteiger charge is -2.29. The molecule has 0 aliphatic carbocycles. The number of anilines is 1. The quantitative estimate of drug-likeness (QED) is 0.504. The monoisotopic (exact) mass is 320 g/mol. The average Bonchev–Trinajstić information content (AvgIpc) is 2.46. The third-order valence-corrected chi connectivity index (χ3v) is 2.76. The van der Waals surface area contributed by atoms with Crippen molar-refractivity contribution in [3.63, 3.8) is 0 Å². The van der Waals surface area contributed by atoms with Gasteiger partial charge in [0.2, 0.25) is 0 Å². The number of pyridine rings is 1. The third kappa shape index (κ3) is 4.06. The molecule has 2 heterocycles. The van der Waals surface area contributed by atoms with Gasteiger partial charge in [0.25, 0.3) is 5.79 Å². The van der Waals surface area contributed by atoms with Crippen LogP contribution in [0.1, 0.15) is 31.1 Å². The molecule has 2 rings (SSSR count). The van der Waals surface area contributed by atoms with E-state index in [0.29, 0.717) is 11.4 Å². The van der Waals surface area contributed by atoms with E-state index in [0.717, 1.165) is 6.20 Å². The Balaban J connectivity index is 2.07. The van der Waals surface area contributed by atoms with E-state index >= 15 is 0 Å². The van der Waals surface area contributed by atoms with Crippen LogP contribution in [0.4, 0.5) is 5.82 Å². The van der Waals surface area contributed by atoms with E-state index in [-0.39, 0.29) is 12.2 Å². The molecule has 0 saturated carbocycles. The summed E-state index contributed by atoms with van der Waals surface area (Å²) < 4.78 is 14.7. The van der Waals surface area contributed by atoms with Crippen LogP contribution in [-0.2, 0) is 23.8 Å². The maximum absolute atomic E-state index is 11.7. The Morgan fingerprint density at radius 2 is 1.96 bits per heavy atom. The maximum atomic E-state index is 11.7. The molecule has 0 aromatic carbocycles. The summed E-state index contributed by atoms with van der Waals surface area (Å²) >= 11 is 0. The van der Waals surface area contributed by atoms with Crippen LogP contribution in [0.3, 0.4) is 0 Å². The minimum atomic E-state index is -1.29. The molecule has 8 nitrogen and oxygen atoms in total. The number of carbonyl (C=O) groups is 3. The zero-order valence-electron chi connectivity index (χ0n) is 12.9. The smallest absolute Gasteiger partial charge is 0.350 e. The van der Waals surface area contributed by atoms with Crippen LogP contribution in [0.15, 0.2) is 30.1 Å². The molecule has 1 aliphatic heterocycles. The number of nitrogens with zero attached hydrogens (tertiary/aromatic N) is 1. The zero-order valence-corrected chi connectivity index (χ0v) is 12.9. The first kappa shape index (κ1) is 16.5. The molecule has 0 radical (unpaired) electrons. The first-order valence-corrected chi connectivity index (χ1v) is 6.89. The number of nitrogens with one attached hydrogen (secondary N) is 1. The molecule has 0 atom stereocenters. The molecule has 0 amide bonds. The normalized spacial score (nSPS) is 16.2. The van der Waals surface area contributed by atoms with Crippen LogP contribution >= 0.6 is 0 Å². The molecule has 1 aromatic heterocycles. The van der Waals surface area contributed by atoms with Crippen molar-refractivity contribution in [2.45, 2.75) is 26.6 Å². The van der Waals surface area contributed by atoms with Gasteiger partial charge in [0.15, 0.2) is 5.57 Å². The van der Waals surface area contributed by atoms with E-state index in [9.17, 15) is 14.4 Å². The molecule has 122 valence electrons. The molecular formula is C15H16N2O6. The molecule has 1 saturated heterocycles. The van der Waals surface area contributed by atoms with Gasteiger partial charge in [0.1, 0.15) is 5.82 Å². The van der Waals surface area contributed by atoms with Gasteiger partial charge in [-0.2, -0.15) is 0 Å². The maximum Gasteiger partial charge on any atom is 0.350 e. The molecule has 8 heteroatoms. The Hall–Kier alpha value is -2.90. The van der Waals surface area contributed by atoms with Crippen LogP contribution in [0, 0.1) is 0 Å². The molecule has 0 unspecified atom stereocenters. The molecule has 1 aliphatic rings. The standard InChI is InChI=1S/C15H16N2O6/c1-4-21-12(18)9-5-6-11(16-7-9)17-8-10-13(19)22-15(2,3)23-14(10)20/h5-8H,4H2,1-3H3,(H,16,17). The van der Waals surface area contributed by atoms with Crippen molar-refractivity contribution in [2.24, 2.45) is 0 Å². The second-order valence-corrected chi connectivity index (χ2v) is 5.03. The van der Waals surface area contributed by atoms with Crippen LogP contribution < -0.4 is 5.32 Å². The Labute approximate surface area is 132 Å². The summed E-state index contributed by atoms with van der Waals surface area (Å²) in [6.45, 7) is 4.90. The van der Waals surface area contributed by atoms with E-state index < -0.39 is 23.7 Å². The van der Waals surface area contributed by atoms with Gasteiger partial charge >= 0.3 is 17.9 Å². The van der Waals surface area contributed by atoms with Gasteiger partial charge in [-0.1, -0.05) is 0 Å². The van der Waals surface area contributed by atoms with E-state index in [2.05, 4.69) is 10.3 Å². The number of carbonyl (C=O) groups excluding carboxylic acids is 3. The summed E-state index contributed by atoms with van der Waals surface area (Å²) in [6, 6.07) is 3.01. The van der Waals surface area contributed by atoms with Gasteiger partial charge in [-0.05, 0) is 19.1 Å². The van der Waals surface area contributed by atoms with Crippen molar-refractivity contribution >= 4 is 23.7 Å². The van der Waals surface area contributed by atoms with Crippen molar-refractivity contribution < 1.29 is 28.6 Å². The highest BCUT2D eigenvalue weighted by atomic mass is 16.7. The summed E-state index contributed by atoms with van der Waals surface area (Å²) in [5, 5.41) is 2.67. The summed E-state index contributed by atoms with van der Waals surface area (Å²) in [5.41, 5.74) is 0.0175. The number of hydrogen-bond acceptors (Lipinski definition) is 8. The van der Waals surface area contributed by atoms with Crippen LogP contribution in [-0.4, -0.2) is 35.3 Å². The largest absolute Gasteiger partial charge is 0.462 e. The summed E-state index contributed by atoms with van der Waals surface area (Å²) in [5.74, 6) is -3.02. The van der Waals surface area contributed by atoms with Gasteiger partial charge < -0.3 is 19.5 Å². The fraction of sp³-hybridized carbons (Fsp3) is 0.333. The first-order valence-electron chi connectivity index (χ1n) is 6.89. The van der Waals surface area contributed by atoms with E-state index in [1.54, 1.807) is 6.92 Å². The predicted molar refractivity (Wildman–Crippen MR) is 78.2 cm³/mol. The van der Waals surface area contributed by atoms with E-state index in [4.69, 9.17) is 14.2 Å². The lowest BCUT2D eigenvalue weighted by molar-refractivity contribution is -0.222. The highest BCUT2D eigenvalue weighted by Crippen LogP contribution is 2.22. The molecule has 1 fully saturated rings. The fourth-order valence-electron chi connectivity index (χ4n) is 1.74. The number of ether oxygens (including phenoxy) is 3. The Bertz CT molecular complexity index is 641. The van der Waals surface area contributed by atoms with Gasteiger partial charge in [0.05, 0.1) is 12.2 Å². The van der Waals surface area contributed by atoms with E-state index in [1.807, 2.05) is 0 Å². The summed E-state index contributed by atoms with van der Waals surface area (Å²) in [4.78, 5) is 39.0. The molecule has 1 aromatic rings. The van der Waals surface area contributed by atoms with Crippen molar-refractivity contribution in [1.82, 2.24) is 4.98 Å². The molecule has 0 bridgehead atoms. The lowest BCUT2D eigenvalue weighted by atomic mass is 10.2. The van der Waals surface area contributed by atoms with Crippen molar-refractivity contribution in [3.8, 4) is 0 Å². The SMILES string of the molecule is CCOC(=O)c1ccc(NC=C2C(=O)OC(C)(C)OC2=O)nc1. The minimum absolute atomic E-state index is 0.269. The minimum Gasteiger partial charge on any atom is -0.462 e. The summed E-state index contributed by atoms with van der Waals surface area (Å²) in [7, 11) is 0. The van der Waals surface area contributed by atoms with Gasteiger partial charge in [-0.25, -0.2) is 19.4 Å². The van der Waals surface area contributed by atoms with Gasteiger partial charge in [-0.15, -0.1) is 0 Å². The zero-order chi connectivity index (χ0) is 17.0. The Kier molecular flexibility index (Phi) is 4.63. The van der Waals surface area contributed by atoms with Crippen LogP contribution in [0.2, 0.25) is 0 Å². The lowest BCUT2D eigenvalue weighted by Crippen LogP contribution is -2.42. The highest BCUT2D eigenvalue weighted by Gasteiger charge is 2.38. The number of esters is 3. The summed E-state index contributed by atoms with van der Waals surface area (Å²) in [6.07, 6.45) is 2.46. The average molecular weight is 320 g/mol.